The predicted molar refractivity (Wildman–Crippen MR) is 64.1 cm³/mol. The van der Waals surface area contributed by atoms with Crippen LogP contribution in [0.25, 0.3) is 0 Å². The zero-order valence-electron chi connectivity index (χ0n) is 10.4. The van der Waals surface area contributed by atoms with Crippen LogP contribution in [0, 0.1) is 0 Å². The van der Waals surface area contributed by atoms with Crippen molar-refractivity contribution in [2.24, 2.45) is 0 Å². The van der Waals surface area contributed by atoms with Gasteiger partial charge < -0.3 is 10.0 Å². The minimum atomic E-state index is -0.155. The number of piperazine rings is 1. The molecule has 0 aromatic carbocycles. The van der Waals surface area contributed by atoms with E-state index in [1.54, 1.807) is 0 Å². The number of aliphatic hydroxyl groups is 1. The summed E-state index contributed by atoms with van der Waals surface area (Å²) < 4.78 is 0. The molecule has 2 atom stereocenters. The second-order valence-electron chi connectivity index (χ2n) is 4.77. The van der Waals surface area contributed by atoms with E-state index in [0.717, 1.165) is 32.1 Å². The van der Waals surface area contributed by atoms with Gasteiger partial charge in [-0.3, -0.25) is 4.90 Å². The van der Waals surface area contributed by atoms with E-state index in [1.165, 1.54) is 19.5 Å². The second-order valence-corrected chi connectivity index (χ2v) is 4.77. The molecule has 1 rings (SSSR count). The van der Waals surface area contributed by atoms with Crippen LogP contribution in [-0.4, -0.2) is 59.8 Å². The standard InChI is InChI=1S/C12H26N2O/c1-4-11(2)14-9-7-13(8-10-14)6-5-12(3)15/h11-12,15H,4-10H2,1-3H3. The molecule has 1 aliphatic rings. The molecule has 1 heterocycles. The lowest BCUT2D eigenvalue weighted by molar-refractivity contribution is 0.0864. The van der Waals surface area contributed by atoms with Crippen LogP contribution in [0.2, 0.25) is 0 Å². The van der Waals surface area contributed by atoms with Gasteiger partial charge in [-0.2, -0.15) is 0 Å². The zero-order chi connectivity index (χ0) is 11.3. The molecule has 0 aliphatic carbocycles. The highest BCUT2D eigenvalue weighted by atomic mass is 16.3. The molecule has 15 heavy (non-hydrogen) atoms. The average Bonchev–Trinajstić information content (AvgIpc) is 2.26. The van der Waals surface area contributed by atoms with Crippen LogP contribution in [0.15, 0.2) is 0 Å². The summed E-state index contributed by atoms with van der Waals surface area (Å²) in [6, 6.07) is 0.726. The van der Waals surface area contributed by atoms with Gasteiger partial charge in [0, 0.05) is 38.8 Å². The molecule has 0 aromatic heterocycles. The first-order valence-electron chi connectivity index (χ1n) is 6.28. The Morgan fingerprint density at radius 1 is 1.13 bits per heavy atom. The van der Waals surface area contributed by atoms with Crippen LogP contribution < -0.4 is 0 Å². The van der Waals surface area contributed by atoms with E-state index in [2.05, 4.69) is 23.6 Å². The fourth-order valence-electron chi connectivity index (χ4n) is 2.06. The third-order valence-electron chi connectivity index (χ3n) is 3.48. The summed E-state index contributed by atoms with van der Waals surface area (Å²) in [7, 11) is 0. The van der Waals surface area contributed by atoms with Crippen molar-refractivity contribution in [1.29, 1.82) is 0 Å². The van der Waals surface area contributed by atoms with E-state index >= 15 is 0 Å². The Labute approximate surface area is 94.1 Å². The Bertz CT molecular complexity index is 165. The number of rotatable bonds is 5. The third kappa shape index (κ3) is 4.49. The van der Waals surface area contributed by atoms with Crippen molar-refractivity contribution in [3.63, 3.8) is 0 Å². The lowest BCUT2D eigenvalue weighted by Crippen LogP contribution is -2.49. The summed E-state index contributed by atoms with van der Waals surface area (Å²) in [5, 5.41) is 9.22. The van der Waals surface area contributed by atoms with Gasteiger partial charge in [0.25, 0.3) is 0 Å². The fraction of sp³-hybridized carbons (Fsp3) is 1.00. The molecule has 1 N–H and O–H groups in total. The van der Waals surface area contributed by atoms with Gasteiger partial charge in [0.05, 0.1) is 6.10 Å². The van der Waals surface area contributed by atoms with Crippen molar-refractivity contribution in [1.82, 2.24) is 9.80 Å². The number of nitrogens with zero attached hydrogens (tertiary/aromatic N) is 2. The van der Waals surface area contributed by atoms with Crippen LogP contribution in [-0.2, 0) is 0 Å². The number of hydrogen-bond donors (Lipinski definition) is 1. The van der Waals surface area contributed by atoms with Crippen molar-refractivity contribution < 1.29 is 5.11 Å². The van der Waals surface area contributed by atoms with E-state index in [9.17, 15) is 5.11 Å². The van der Waals surface area contributed by atoms with Crippen molar-refractivity contribution in [3.8, 4) is 0 Å². The minimum absolute atomic E-state index is 0.155. The quantitative estimate of drug-likeness (QED) is 0.744. The van der Waals surface area contributed by atoms with E-state index in [-0.39, 0.29) is 6.10 Å². The number of hydrogen-bond acceptors (Lipinski definition) is 3. The van der Waals surface area contributed by atoms with Gasteiger partial charge in [0.15, 0.2) is 0 Å². The molecule has 0 bridgehead atoms. The monoisotopic (exact) mass is 214 g/mol. The molecular weight excluding hydrogens is 188 g/mol. The molecule has 0 aromatic rings. The highest BCUT2D eigenvalue weighted by molar-refractivity contribution is 4.75. The topological polar surface area (TPSA) is 26.7 Å². The summed E-state index contributed by atoms with van der Waals surface area (Å²) in [6.07, 6.45) is 1.99. The summed E-state index contributed by atoms with van der Waals surface area (Å²) >= 11 is 0. The summed E-state index contributed by atoms with van der Waals surface area (Å²) in [5.41, 5.74) is 0. The molecule has 3 heteroatoms. The summed E-state index contributed by atoms with van der Waals surface area (Å²) in [5.74, 6) is 0. The van der Waals surface area contributed by atoms with Gasteiger partial charge in [-0.1, -0.05) is 6.92 Å². The van der Waals surface area contributed by atoms with E-state index in [0.29, 0.717) is 0 Å². The Hall–Kier alpha value is -0.120. The van der Waals surface area contributed by atoms with Gasteiger partial charge in [0.2, 0.25) is 0 Å². The second kappa shape index (κ2) is 6.46. The van der Waals surface area contributed by atoms with E-state index in [1.807, 2.05) is 6.92 Å². The molecular formula is C12H26N2O. The Kier molecular flexibility index (Phi) is 5.58. The molecule has 1 saturated heterocycles. The Morgan fingerprint density at radius 2 is 1.73 bits per heavy atom. The van der Waals surface area contributed by atoms with Crippen LogP contribution in [0.3, 0.4) is 0 Å². The Morgan fingerprint density at radius 3 is 2.20 bits per heavy atom. The van der Waals surface area contributed by atoms with Gasteiger partial charge >= 0.3 is 0 Å². The van der Waals surface area contributed by atoms with Crippen LogP contribution in [0.1, 0.15) is 33.6 Å². The SMILES string of the molecule is CCC(C)N1CCN(CCC(C)O)CC1. The lowest BCUT2D eigenvalue weighted by atomic mass is 10.2. The van der Waals surface area contributed by atoms with Gasteiger partial charge in [-0.05, 0) is 26.7 Å². The summed E-state index contributed by atoms with van der Waals surface area (Å²) in [6.45, 7) is 12.2. The molecule has 3 nitrogen and oxygen atoms in total. The first-order chi connectivity index (χ1) is 7.13. The molecule has 0 spiro atoms. The van der Waals surface area contributed by atoms with Crippen molar-refractivity contribution in [2.75, 3.05) is 32.7 Å². The maximum atomic E-state index is 9.22. The highest BCUT2D eigenvalue weighted by Gasteiger charge is 2.19. The molecule has 0 radical (unpaired) electrons. The van der Waals surface area contributed by atoms with Crippen molar-refractivity contribution >= 4 is 0 Å². The molecule has 90 valence electrons. The predicted octanol–water partition coefficient (Wildman–Crippen LogP) is 1.17. The van der Waals surface area contributed by atoms with Crippen LogP contribution in [0.5, 0.6) is 0 Å². The molecule has 0 saturated carbocycles. The molecule has 0 amide bonds. The molecule has 2 unspecified atom stereocenters. The van der Waals surface area contributed by atoms with Crippen molar-refractivity contribution in [2.45, 2.75) is 45.8 Å². The molecule has 1 aliphatic heterocycles. The highest BCUT2D eigenvalue weighted by Crippen LogP contribution is 2.09. The van der Waals surface area contributed by atoms with Crippen LogP contribution >= 0.6 is 0 Å². The first kappa shape index (κ1) is 12.9. The largest absolute Gasteiger partial charge is 0.393 e. The maximum absolute atomic E-state index is 9.22. The zero-order valence-corrected chi connectivity index (χ0v) is 10.4. The van der Waals surface area contributed by atoms with Gasteiger partial charge in [-0.25, -0.2) is 0 Å². The molecule has 1 fully saturated rings. The minimum Gasteiger partial charge on any atom is -0.393 e. The first-order valence-corrected chi connectivity index (χ1v) is 6.28. The summed E-state index contributed by atoms with van der Waals surface area (Å²) in [4.78, 5) is 5.03. The van der Waals surface area contributed by atoms with E-state index in [4.69, 9.17) is 0 Å². The number of aliphatic hydroxyl groups excluding tert-OH is 1. The maximum Gasteiger partial charge on any atom is 0.0524 e. The third-order valence-corrected chi connectivity index (χ3v) is 3.48. The normalized spacial score (nSPS) is 24.0. The van der Waals surface area contributed by atoms with Gasteiger partial charge in [0.1, 0.15) is 0 Å². The fourth-order valence-corrected chi connectivity index (χ4v) is 2.06. The van der Waals surface area contributed by atoms with Crippen molar-refractivity contribution in [3.05, 3.63) is 0 Å². The van der Waals surface area contributed by atoms with Gasteiger partial charge in [-0.15, -0.1) is 0 Å². The van der Waals surface area contributed by atoms with E-state index < -0.39 is 0 Å². The average molecular weight is 214 g/mol. The van der Waals surface area contributed by atoms with Crippen LogP contribution in [0.4, 0.5) is 0 Å². The Balaban J connectivity index is 2.18. The lowest BCUT2D eigenvalue weighted by Gasteiger charge is -2.38. The smallest absolute Gasteiger partial charge is 0.0524 e.